The smallest absolute Gasteiger partial charge is 0.239 e. The number of anilines is 1. The zero-order chi connectivity index (χ0) is 18.7. The molecule has 0 saturated heterocycles. The summed E-state index contributed by atoms with van der Waals surface area (Å²) in [6.45, 7) is 0. The molecule has 132 valence electrons. The lowest BCUT2D eigenvalue weighted by molar-refractivity contribution is 0.108. The summed E-state index contributed by atoms with van der Waals surface area (Å²) in [5.74, 6) is -0.00759. The molecule has 2 aromatic carbocycles. The highest BCUT2D eigenvalue weighted by Crippen LogP contribution is 2.30. The maximum absolute atomic E-state index is 14.2. The number of hydrogen-bond acceptors (Lipinski definition) is 5. The van der Waals surface area contributed by atoms with Crippen LogP contribution in [0.5, 0.6) is 0 Å². The number of benzene rings is 2. The molecule has 0 fully saturated rings. The number of carbonyl (C=O) groups excluding carboxylic acids is 1. The molecule has 0 saturated carbocycles. The van der Waals surface area contributed by atoms with Crippen LogP contribution < -0.4 is 5.73 Å². The molecule has 8 heteroatoms. The molecule has 0 bridgehead atoms. The van der Waals surface area contributed by atoms with E-state index in [0.29, 0.717) is 10.2 Å². The molecule has 0 aliphatic rings. The molecule has 1 aromatic heterocycles. The van der Waals surface area contributed by atoms with Crippen molar-refractivity contribution in [2.75, 3.05) is 5.73 Å². The molecule has 26 heavy (non-hydrogen) atoms. The van der Waals surface area contributed by atoms with Gasteiger partial charge in [0.2, 0.25) is 5.12 Å². The topological polar surface area (TPSA) is 68.9 Å². The van der Waals surface area contributed by atoms with E-state index >= 15 is 0 Å². The molecule has 1 heterocycles. The van der Waals surface area contributed by atoms with Gasteiger partial charge >= 0.3 is 0 Å². The molecule has 3 aromatic rings. The van der Waals surface area contributed by atoms with Gasteiger partial charge in [0.15, 0.2) is 5.82 Å². The fourth-order valence-corrected chi connectivity index (χ4v) is 3.60. The number of nitrogen functional groups attached to an aromatic ring is 1. The van der Waals surface area contributed by atoms with Crippen molar-refractivity contribution in [1.82, 2.24) is 9.97 Å². The number of hydrogen-bond donors (Lipinski definition) is 1. The standard InChI is InChI=1S/C18H12BrClFN3OS/c19-14-15(18(25)26-9-10-4-2-1-3-5-10)23-17(24-16(14)22)12-7-6-11(20)8-13(12)21/h1-8H,9H2,(H2,22,23,24). The molecular weight excluding hydrogens is 441 g/mol. The van der Waals surface area contributed by atoms with Crippen molar-refractivity contribution in [3.63, 3.8) is 0 Å². The van der Waals surface area contributed by atoms with Crippen molar-refractivity contribution in [1.29, 1.82) is 0 Å². The summed E-state index contributed by atoms with van der Waals surface area (Å²) in [5.41, 5.74) is 7.10. The molecule has 2 N–H and O–H groups in total. The van der Waals surface area contributed by atoms with Gasteiger partial charge in [-0.05, 0) is 39.7 Å². The predicted octanol–water partition coefficient (Wildman–Crippen LogP) is 5.35. The summed E-state index contributed by atoms with van der Waals surface area (Å²) in [6.07, 6.45) is 0. The third-order valence-electron chi connectivity index (χ3n) is 3.45. The first-order valence-corrected chi connectivity index (χ1v) is 9.61. The molecule has 3 rings (SSSR count). The Morgan fingerprint density at radius 2 is 1.92 bits per heavy atom. The summed E-state index contributed by atoms with van der Waals surface area (Å²) in [4.78, 5) is 20.9. The van der Waals surface area contributed by atoms with Crippen LogP contribution in [0, 0.1) is 5.82 Å². The van der Waals surface area contributed by atoms with Crippen LogP contribution >= 0.6 is 39.3 Å². The average molecular weight is 453 g/mol. The van der Waals surface area contributed by atoms with Crippen LogP contribution in [0.4, 0.5) is 10.2 Å². The lowest BCUT2D eigenvalue weighted by atomic mass is 10.2. The van der Waals surface area contributed by atoms with Gasteiger partial charge in [0.05, 0.1) is 10.0 Å². The Morgan fingerprint density at radius 3 is 2.62 bits per heavy atom. The Balaban J connectivity index is 1.91. The molecular formula is C18H12BrClFN3OS. The normalized spacial score (nSPS) is 10.7. The van der Waals surface area contributed by atoms with Crippen molar-refractivity contribution in [2.45, 2.75) is 5.75 Å². The number of carbonyl (C=O) groups is 1. The molecule has 0 aliphatic carbocycles. The largest absolute Gasteiger partial charge is 0.383 e. The van der Waals surface area contributed by atoms with Crippen LogP contribution in [0.15, 0.2) is 53.0 Å². The monoisotopic (exact) mass is 451 g/mol. The fourth-order valence-electron chi connectivity index (χ4n) is 2.18. The minimum absolute atomic E-state index is 0.0310. The van der Waals surface area contributed by atoms with Gasteiger partial charge < -0.3 is 5.73 Å². The Morgan fingerprint density at radius 1 is 1.19 bits per heavy atom. The highest BCUT2D eigenvalue weighted by atomic mass is 79.9. The van der Waals surface area contributed by atoms with Crippen LogP contribution in [0.3, 0.4) is 0 Å². The molecule has 0 spiro atoms. The van der Waals surface area contributed by atoms with Crippen molar-refractivity contribution in [3.8, 4) is 11.4 Å². The quantitative estimate of drug-likeness (QED) is 0.577. The van der Waals surface area contributed by atoms with Crippen LogP contribution in [0.1, 0.15) is 16.1 Å². The molecule has 0 unspecified atom stereocenters. The summed E-state index contributed by atoms with van der Waals surface area (Å²) >= 11 is 10.1. The van der Waals surface area contributed by atoms with Gasteiger partial charge in [-0.2, -0.15) is 0 Å². The van der Waals surface area contributed by atoms with Gasteiger partial charge in [0.1, 0.15) is 17.3 Å². The van der Waals surface area contributed by atoms with Crippen LogP contribution in [0.2, 0.25) is 5.02 Å². The van der Waals surface area contributed by atoms with Crippen LogP contribution in [0.25, 0.3) is 11.4 Å². The van der Waals surface area contributed by atoms with E-state index in [4.69, 9.17) is 17.3 Å². The highest BCUT2D eigenvalue weighted by Gasteiger charge is 2.20. The Labute approximate surface area is 167 Å². The summed E-state index contributed by atoms with van der Waals surface area (Å²) < 4.78 is 14.5. The minimum atomic E-state index is -0.588. The van der Waals surface area contributed by atoms with Gasteiger partial charge in [-0.15, -0.1) is 0 Å². The van der Waals surface area contributed by atoms with E-state index in [-0.39, 0.29) is 33.0 Å². The predicted molar refractivity (Wildman–Crippen MR) is 107 cm³/mol. The fraction of sp³-hybridized carbons (Fsp3) is 0.0556. The Hall–Kier alpha value is -1.96. The lowest BCUT2D eigenvalue weighted by Gasteiger charge is -2.09. The van der Waals surface area contributed by atoms with E-state index in [2.05, 4.69) is 25.9 Å². The zero-order valence-electron chi connectivity index (χ0n) is 13.2. The van der Waals surface area contributed by atoms with Crippen LogP contribution in [-0.2, 0) is 5.75 Å². The summed E-state index contributed by atoms with van der Waals surface area (Å²) in [5, 5.41) is -0.0310. The van der Waals surface area contributed by atoms with E-state index in [1.165, 1.54) is 12.1 Å². The average Bonchev–Trinajstić information content (AvgIpc) is 2.63. The SMILES string of the molecule is Nc1nc(-c2ccc(Cl)cc2F)nc(C(=O)SCc2ccccc2)c1Br. The van der Waals surface area contributed by atoms with Gasteiger partial charge in [-0.3, -0.25) is 4.79 Å². The van der Waals surface area contributed by atoms with Crippen molar-refractivity contribution in [3.05, 3.63) is 75.1 Å². The Bertz CT molecular complexity index is 972. The number of nitrogens with zero attached hydrogens (tertiary/aromatic N) is 2. The van der Waals surface area contributed by atoms with E-state index in [1.807, 2.05) is 30.3 Å². The second-order valence-electron chi connectivity index (χ2n) is 5.28. The van der Waals surface area contributed by atoms with Gasteiger partial charge in [0.25, 0.3) is 0 Å². The Kier molecular flexibility index (Phi) is 5.90. The number of halogens is 3. The zero-order valence-corrected chi connectivity index (χ0v) is 16.4. The maximum Gasteiger partial charge on any atom is 0.239 e. The summed E-state index contributed by atoms with van der Waals surface area (Å²) in [7, 11) is 0. The third-order valence-corrected chi connectivity index (χ3v) is 5.41. The second kappa shape index (κ2) is 8.16. The van der Waals surface area contributed by atoms with Gasteiger partial charge in [0, 0.05) is 10.8 Å². The van der Waals surface area contributed by atoms with E-state index < -0.39 is 5.82 Å². The van der Waals surface area contributed by atoms with E-state index in [9.17, 15) is 9.18 Å². The minimum Gasteiger partial charge on any atom is -0.383 e. The first kappa shape index (κ1) is 18.8. The maximum atomic E-state index is 14.2. The first-order valence-electron chi connectivity index (χ1n) is 7.45. The van der Waals surface area contributed by atoms with Gasteiger partial charge in [-0.1, -0.05) is 53.7 Å². The van der Waals surface area contributed by atoms with Crippen LogP contribution in [-0.4, -0.2) is 15.1 Å². The van der Waals surface area contributed by atoms with E-state index in [1.54, 1.807) is 0 Å². The number of nitrogens with two attached hydrogens (primary N) is 1. The molecule has 0 atom stereocenters. The molecule has 0 amide bonds. The summed E-state index contributed by atoms with van der Waals surface area (Å²) in [6, 6.07) is 13.7. The first-order chi connectivity index (χ1) is 12.5. The third kappa shape index (κ3) is 4.23. The molecule has 0 radical (unpaired) electrons. The van der Waals surface area contributed by atoms with Crippen molar-refractivity contribution in [2.24, 2.45) is 0 Å². The number of rotatable bonds is 4. The molecule has 0 aliphatic heterocycles. The lowest BCUT2D eigenvalue weighted by Crippen LogP contribution is -2.07. The number of thioether (sulfide) groups is 1. The highest BCUT2D eigenvalue weighted by molar-refractivity contribution is 9.10. The van der Waals surface area contributed by atoms with Crippen molar-refractivity contribution >= 4 is 50.2 Å². The number of aromatic nitrogens is 2. The second-order valence-corrected chi connectivity index (χ2v) is 7.46. The van der Waals surface area contributed by atoms with Gasteiger partial charge in [-0.25, -0.2) is 14.4 Å². The molecule has 4 nitrogen and oxygen atoms in total. The van der Waals surface area contributed by atoms with E-state index in [0.717, 1.165) is 23.4 Å². The van der Waals surface area contributed by atoms with Crippen molar-refractivity contribution < 1.29 is 9.18 Å².